The lowest BCUT2D eigenvalue weighted by Gasteiger charge is -2.33. The van der Waals surface area contributed by atoms with E-state index in [4.69, 9.17) is 5.73 Å². The fraction of sp³-hybridized carbons (Fsp3) is 0.562. The lowest BCUT2D eigenvalue weighted by molar-refractivity contribution is -0.141. The third kappa shape index (κ3) is 2.75. The van der Waals surface area contributed by atoms with Gasteiger partial charge in [0.2, 0.25) is 5.91 Å². The topological polar surface area (TPSA) is 46.3 Å². The van der Waals surface area contributed by atoms with Crippen LogP contribution < -0.4 is 5.73 Å². The SMILES string of the molecule is CC(c1cccc(N)c1)N(C)C(=O)C1(C)CCCC1. The number of hydrogen-bond acceptors (Lipinski definition) is 2. The molecule has 0 aromatic heterocycles. The molecule has 0 bridgehead atoms. The number of benzene rings is 1. The molecule has 3 heteroatoms. The first-order chi connectivity index (χ1) is 8.94. The van der Waals surface area contributed by atoms with Gasteiger partial charge in [0.25, 0.3) is 0 Å². The highest BCUT2D eigenvalue weighted by Gasteiger charge is 2.39. The summed E-state index contributed by atoms with van der Waals surface area (Å²) in [5.41, 5.74) is 7.50. The first kappa shape index (κ1) is 13.9. The summed E-state index contributed by atoms with van der Waals surface area (Å²) in [5, 5.41) is 0. The highest BCUT2D eigenvalue weighted by molar-refractivity contribution is 5.82. The minimum absolute atomic E-state index is 0.0634. The van der Waals surface area contributed by atoms with E-state index in [1.165, 1.54) is 12.8 Å². The second kappa shape index (κ2) is 5.24. The maximum absolute atomic E-state index is 12.7. The number of nitrogens with two attached hydrogens (primary N) is 1. The van der Waals surface area contributed by atoms with E-state index in [1.54, 1.807) is 0 Å². The summed E-state index contributed by atoms with van der Waals surface area (Å²) in [6.45, 7) is 4.16. The van der Waals surface area contributed by atoms with Gasteiger partial charge in [0.15, 0.2) is 0 Å². The Kier molecular flexibility index (Phi) is 3.83. The highest BCUT2D eigenvalue weighted by Crippen LogP contribution is 2.40. The minimum Gasteiger partial charge on any atom is -0.399 e. The molecular formula is C16H24N2O. The molecule has 3 nitrogen and oxygen atoms in total. The van der Waals surface area contributed by atoms with E-state index in [2.05, 4.69) is 13.8 Å². The molecule has 2 N–H and O–H groups in total. The smallest absolute Gasteiger partial charge is 0.228 e. The molecule has 0 spiro atoms. The molecule has 1 unspecified atom stereocenters. The Morgan fingerprint density at radius 1 is 1.37 bits per heavy atom. The van der Waals surface area contributed by atoms with Crippen molar-refractivity contribution in [2.24, 2.45) is 5.41 Å². The molecule has 1 atom stereocenters. The average molecular weight is 260 g/mol. The summed E-state index contributed by atoms with van der Waals surface area (Å²) in [4.78, 5) is 14.5. The van der Waals surface area contributed by atoms with Crippen molar-refractivity contribution in [3.63, 3.8) is 0 Å². The maximum Gasteiger partial charge on any atom is 0.228 e. The van der Waals surface area contributed by atoms with E-state index in [1.807, 2.05) is 36.2 Å². The number of amides is 1. The maximum atomic E-state index is 12.7. The van der Waals surface area contributed by atoms with Crippen molar-refractivity contribution in [1.82, 2.24) is 4.90 Å². The fourth-order valence-corrected chi connectivity index (χ4v) is 3.01. The second-order valence-electron chi connectivity index (χ2n) is 6.03. The standard InChI is InChI=1S/C16H24N2O/c1-12(13-7-6-8-14(17)11-13)18(3)15(19)16(2)9-4-5-10-16/h6-8,11-12H,4-5,9-10,17H2,1-3H3. The van der Waals surface area contributed by atoms with Crippen LogP contribution >= 0.6 is 0 Å². The molecule has 1 fully saturated rings. The van der Waals surface area contributed by atoms with Crippen molar-refractivity contribution >= 4 is 11.6 Å². The van der Waals surface area contributed by atoms with Gasteiger partial charge in [-0.2, -0.15) is 0 Å². The molecule has 1 aliphatic carbocycles. The first-order valence-corrected chi connectivity index (χ1v) is 7.07. The van der Waals surface area contributed by atoms with Crippen molar-refractivity contribution in [2.45, 2.75) is 45.6 Å². The van der Waals surface area contributed by atoms with Crippen LogP contribution in [0.5, 0.6) is 0 Å². The van der Waals surface area contributed by atoms with Gasteiger partial charge in [0, 0.05) is 18.2 Å². The molecule has 1 amide bonds. The van der Waals surface area contributed by atoms with Crippen molar-refractivity contribution in [2.75, 3.05) is 12.8 Å². The highest BCUT2D eigenvalue weighted by atomic mass is 16.2. The second-order valence-corrected chi connectivity index (χ2v) is 6.03. The lowest BCUT2D eigenvalue weighted by atomic mass is 9.86. The number of nitrogens with zero attached hydrogens (tertiary/aromatic N) is 1. The summed E-state index contributed by atoms with van der Waals surface area (Å²) in [6.07, 6.45) is 4.37. The van der Waals surface area contributed by atoms with Crippen LogP contribution in [-0.4, -0.2) is 17.9 Å². The third-order valence-electron chi connectivity index (χ3n) is 4.52. The van der Waals surface area contributed by atoms with Crippen molar-refractivity contribution < 1.29 is 4.79 Å². The summed E-state index contributed by atoms with van der Waals surface area (Å²) >= 11 is 0. The number of hydrogen-bond donors (Lipinski definition) is 1. The predicted molar refractivity (Wildman–Crippen MR) is 78.6 cm³/mol. The van der Waals surface area contributed by atoms with Gasteiger partial charge in [-0.3, -0.25) is 4.79 Å². The van der Waals surface area contributed by atoms with Crippen LogP contribution in [0.15, 0.2) is 24.3 Å². The third-order valence-corrected chi connectivity index (χ3v) is 4.52. The van der Waals surface area contributed by atoms with Gasteiger partial charge >= 0.3 is 0 Å². The summed E-state index contributed by atoms with van der Waals surface area (Å²) < 4.78 is 0. The molecular weight excluding hydrogens is 236 g/mol. The van der Waals surface area contributed by atoms with Crippen LogP contribution in [-0.2, 0) is 4.79 Å². The average Bonchev–Trinajstić information content (AvgIpc) is 2.84. The summed E-state index contributed by atoms with van der Waals surface area (Å²) in [7, 11) is 1.90. The van der Waals surface area contributed by atoms with Crippen LogP contribution in [0, 0.1) is 5.41 Å². The van der Waals surface area contributed by atoms with Crippen LogP contribution in [0.25, 0.3) is 0 Å². The Balaban J connectivity index is 2.15. The molecule has 0 aliphatic heterocycles. The monoisotopic (exact) mass is 260 g/mol. The molecule has 1 saturated carbocycles. The molecule has 0 saturated heterocycles. The van der Waals surface area contributed by atoms with Gasteiger partial charge in [-0.15, -0.1) is 0 Å². The minimum atomic E-state index is -0.163. The number of nitrogen functional groups attached to an aromatic ring is 1. The van der Waals surface area contributed by atoms with Crippen molar-refractivity contribution in [1.29, 1.82) is 0 Å². The van der Waals surface area contributed by atoms with E-state index in [0.717, 1.165) is 24.1 Å². The molecule has 1 aromatic carbocycles. The normalized spacial score (nSPS) is 19.1. The van der Waals surface area contributed by atoms with Gasteiger partial charge in [-0.25, -0.2) is 0 Å². The Labute approximate surface area is 115 Å². The Hall–Kier alpha value is -1.51. The lowest BCUT2D eigenvalue weighted by Crippen LogP contribution is -2.40. The summed E-state index contributed by atoms with van der Waals surface area (Å²) in [6, 6.07) is 7.86. The van der Waals surface area contributed by atoms with Gasteiger partial charge in [-0.1, -0.05) is 31.9 Å². The quantitative estimate of drug-likeness (QED) is 0.847. The van der Waals surface area contributed by atoms with Gasteiger partial charge in [0.1, 0.15) is 0 Å². The van der Waals surface area contributed by atoms with Crippen LogP contribution in [0.3, 0.4) is 0 Å². The molecule has 19 heavy (non-hydrogen) atoms. The Morgan fingerprint density at radius 2 is 2.00 bits per heavy atom. The van der Waals surface area contributed by atoms with Crippen molar-refractivity contribution in [3.05, 3.63) is 29.8 Å². The van der Waals surface area contributed by atoms with E-state index in [9.17, 15) is 4.79 Å². The van der Waals surface area contributed by atoms with Crippen molar-refractivity contribution in [3.8, 4) is 0 Å². The zero-order chi connectivity index (χ0) is 14.0. The van der Waals surface area contributed by atoms with E-state index < -0.39 is 0 Å². The first-order valence-electron chi connectivity index (χ1n) is 7.07. The summed E-state index contributed by atoms with van der Waals surface area (Å²) in [5.74, 6) is 0.264. The number of rotatable bonds is 3. The Bertz CT molecular complexity index is 464. The molecule has 104 valence electrons. The van der Waals surface area contributed by atoms with E-state index in [0.29, 0.717) is 0 Å². The number of carbonyl (C=O) groups is 1. The van der Waals surface area contributed by atoms with Gasteiger partial charge in [0.05, 0.1) is 6.04 Å². The van der Waals surface area contributed by atoms with Crippen LogP contribution in [0.2, 0.25) is 0 Å². The number of anilines is 1. The predicted octanol–water partition coefficient (Wildman–Crippen LogP) is 3.37. The zero-order valence-electron chi connectivity index (χ0n) is 12.1. The van der Waals surface area contributed by atoms with Gasteiger partial charge < -0.3 is 10.6 Å². The zero-order valence-corrected chi connectivity index (χ0v) is 12.1. The molecule has 0 radical (unpaired) electrons. The number of carbonyl (C=O) groups excluding carboxylic acids is 1. The largest absolute Gasteiger partial charge is 0.399 e. The molecule has 1 aliphatic rings. The van der Waals surface area contributed by atoms with Gasteiger partial charge in [-0.05, 0) is 37.5 Å². The van der Waals surface area contributed by atoms with E-state index >= 15 is 0 Å². The van der Waals surface area contributed by atoms with Crippen LogP contribution in [0.4, 0.5) is 5.69 Å². The Morgan fingerprint density at radius 3 is 2.58 bits per heavy atom. The molecule has 0 heterocycles. The van der Waals surface area contributed by atoms with Crippen LogP contribution in [0.1, 0.15) is 51.1 Å². The molecule has 1 aromatic rings. The van der Waals surface area contributed by atoms with E-state index in [-0.39, 0.29) is 17.4 Å². The fourth-order valence-electron chi connectivity index (χ4n) is 3.01. The molecule has 2 rings (SSSR count).